The Morgan fingerprint density at radius 3 is 2.50 bits per heavy atom. The second kappa shape index (κ2) is 5.12. The van der Waals surface area contributed by atoms with Crippen LogP contribution < -0.4 is 0 Å². The fourth-order valence-electron chi connectivity index (χ4n) is 1.72. The molecule has 0 radical (unpaired) electrons. The van der Waals surface area contributed by atoms with Crippen molar-refractivity contribution in [3.8, 4) is 0 Å². The molecule has 0 unspecified atom stereocenters. The van der Waals surface area contributed by atoms with E-state index >= 15 is 0 Å². The van der Waals surface area contributed by atoms with Crippen molar-refractivity contribution in [2.45, 2.75) is 24.9 Å². The van der Waals surface area contributed by atoms with Crippen LogP contribution in [0.1, 0.15) is 11.4 Å². The summed E-state index contributed by atoms with van der Waals surface area (Å²) in [7, 11) is 1.51. The molecular formula is C12H13ClN2O2S. The van der Waals surface area contributed by atoms with Gasteiger partial charge in [-0.25, -0.2) is 13.4 Å². The van der Waals surface area contributed by atoms with Gasteiger partial charge in [0.15, 0.2) is 5.03 Å². The molecule has 6 heteroatoms. The molecule has 2 aromatic rings. The highest BCUT2D eigenvalue weighted by Crippen LogP contribution is 2.14. The first kappa shape index (κ1) is 13.1. The summed E-state index contributed by atoms with van der Waals surface area (Å²) < 4.78 is 24.1. The Kier molecular flexibility index (Phi) is 3.73. The van der Waals surface area contributed by atoms with E-state index in [-0.39, 0.29) is 5.03 Å². The summed E-state index contributed by atoms with van der Waals surface area (Å²) in [6.45, 7) is 2.44. The van der Waals surface area contributed by atoms with Crippen LogP contribution in [0.3, 0.4) is 0 Å². The Morgan fingerprint density at radius 2 is 1.94 bits per heavy atom. The van der Waals surface area contributed by atoms with Gasteiger partial charge in [-0.15, -0.1) is 0 Å². The number of hydrogen-bond acceptors (Lipinski definition) is 3. The predicted octanol–water partition coefficient (Wildman–Crippen LogP) is 2.36. The van der Waals surface area contributed by atoms with Gasteiger partial charge in [0.05, 0.1) is 0 Å². The summed E-state index contributed by atoms with van der Waals surface area (Å²) in [6, 6.07) is 9.98. The van der Waals surface area contributed by atoms with Gasteiger partial charge in [-0.3, -0.25) is 0 Å². The second-order valence-corrected chi connectivity index (χ2v) is 6.51. The smallest absolute Gasteiger partial charge is 0.280 e. The molecule has 18 heavy (non-hydrogen) atoms. The number of nitrogens with zero attached hydrogens (tertiary/aromatic N) is 2. The highest BCUT2D eigenvalue weighted by Gasteiger charge is 2.15. The first-order valence-electron chi connectivity index (χ1n) is 5.49. The van der Waals surface area contributed by atoms with E-state index in [1.165, 1.54) is 11.8 Å². The average molecular weight is 285 g/mol. The molecule has 0 aliphatic heterocycles. The summed E-state index contributed by atoms with van der Waals surface area (Å²) in [6.07, 6.45) is 2.29. The van der Waals surface area contributed by atoms with Gasteiger partial charge in [-0.1, -0.05) is 30.3 Å². The Bertz CT molecular complexity index is 635. The van der Waals surface area contributed by atoms with Crippen molar-refractivity contribution in [3.05, 3.63) is 47.9 Å². The molecule has 0 bridgehead atoms. The van der Waals surface area contributed by atoms with Gasteiger partial charge < -0.3 is 4.57 Å². The average Bonchev–Trinajstić information content (AvgIpc) is 2.69. The van der Waals surface area contributed by atoms with Crippen LogP contribution >= 0.6 is 10.7 Å². The molecule has 1 aromatic heterocycles. The van der Waals surface area contributed by atoms with Gasteiger partial charge in [0.25, 0.3) is 9.05 Å². The third-order valence-electron chi connectivity index (χ3n) is 2.69. The van der Waals surface area contributed by atoms with Crippen LogP contribution in [-0.2, 0) is 22.0 Å². The lowest BCUT2D eigenvalue weighted by atomic mass is 10.1. The zero-order valence-corrected chi connectivity index (χ0v) is 11.4. The van der Waals surface area contributed by atoms with Crippen molar-refractivity contribution >= 4 is 19.7 Å². The molecule has 0 N–H and O–H groups in total. The van der Waals surface area contributed by atoms with E-state index < -0.39 is 9.05 Å². The number of aryl methyl sites for hydroxylation is 3. The molecule has 0 amide bonds. The quantitative estimate of drug-likeness (QED) is 0.810. The Hall–Kier alpha value is -1.33. The molecule has 1 aromatic carbocycles. The first-order valence-corrected chi connectivity index (χ1v) is 7.80. The van der Waals surface area contributed by atoms with Gasteiger partial charge in [0.1, 0.15) is 5.82 Å². The minimum Gasteiger partial charge on any atom is -0.333 e. The maximum atomic E-state index is 11.2. The topological polar surface area (TPSA) is 52.0 Å². The lowest BCUT2D eigenvalue weighted by molar-refractivity contribution is 0.606. The predicted molar refractivity (Wildman–Crippen MR) is 70.1 cm³/mol. The lowest BCUT2D eigenvalue weighted by Gasteiger charge is -2.04. The molecular weight excluding hydrogens is 272 g/mol. The largest absolute Gasteiger partial charge is 0.333 e. The minimum atomic E-state index is -3.75. The molecule has 0 aliphatic carbocycles. The Labute approximate surface area is 111 Å². The molecule has 0 atom stereocenters. The van der Waals surface area contributed by atoms with E-state index in [1.54, 1.807) is 11.5 Å². The van der Waals surface area contributed by atoms with Crippen LogP contribution in [0.25, 0.3) is 0 Å². The van der Waals surface area contributed by atoms with Crippen molar-refractivity contribution in [2.24, 2.45) is 0 Å². The summed E-state index contributed by atoms with van der Waals surface area (Å²) in [5.41, 5.74) is 1.20. The van der Waals surface area contributed by atoms with Gasteiger partial charge in [-0.05, 0) is 18.9 Å². The SMILES string of the molecule is Cc1nc(S(=O)(=O)Cl)cn1CCc1ccccc1. The summed E-state index contributed by atoms with van der Waals surface area (Å²) in [5, 5.41) is -0.0882. The fourth-order valence-corrected chi connectivity index (χ4v) is 2.43. The van der Waals surface area contributed by atoms with Gasteiger partial charge in [0.2, 0.25) is 0 Å². The van der Waals surface area contributed by atoms with Crippen molar-refractivity contribution in [1.82, 2.24) is 9.55 Å². The number of hydrogen-bond donors (Lipinski definition) is 0. The second-order valence-electron chi connectivity index (χ2n) is 3.99. The molecule has 0 fully saturated rings. The summed E-state index contributed by atoms with van der Waals surface area (Å²) >= 11 is 0. The molecule has 0 saturated heterocycles. The Morgan fingerprint density at radius 1 is 1.28 bits per heavy atom. The standard InChI is InChI=1S/C12H13ClN2O2S/c1-10-14-12(18(13,16)17)9-15(10)8-7-11-5-3-2-4-6-11/h2-6,9H,7-8H2,1H3. The number of imidazole rings is 1. The monoisotopic (exact) mass is 284 g/mol. The van der Waals surface area contributed by atoms with E-state index in [9.17, 15) is 8.42 Å². The number of rotatable bonds is 4. The van der Waals surface area contributed by atoms with Crippen LogP contribution in [0.4, 0.5) is 0 Å². The van der Waals surface area contributed by atoms with E-state index in [2.05, 4.69) is 4.98 Å². The van der Waals surface area contributed by atoms with Crippen molar-refractivity contribution in [3.63, 3.8) is 0 Å². The molecule has 0 spiro atoms. The van der Waals surface area contributed by atoms with Crippen LogP contribution in [0.2, 0.25) is 0 Å². The van der Waals surface area contributed by atoms with Crippen molar-refractivity contribution in [2.75, 3.05) is 0 Å². The van der Waals surface area contributed by atoms with Gasteiger partial charge in [-0.2, -0.15) is 0 Å². The molecule has 0 aliphatic rings. The van der Waals surface area contributed by atoms with E-state index in [1.807, 2.05) is 30.3 Å². The van der Waals surface area contributed by atoms with E-state index in [0.29, 0.717) is 12.4 Å². The minimum absolute atomic E-state index is 0.0882. The number of halogens is 1. The third-order valence-corrected chi connectivity index (χ3v) is 3.86. The molecule has 96 valence electrons. The molecule has 4 nitrogen and oxygen atoms in total. The lowest BCUT2D eigenvalue weighted by Crippen LogP contribution is -2.02. The van der Waals surface area contributed by atoms with Crippen molar-refractivity contribution < 1.29 is 8.42 Å². The molecule has 2 rings (SSSR count). The van der Waals surface area contributed by atoms with Crippen LogP contribution in [0, 0.1) is 6.92 Å². The summed E-state index contributed by atoms with van der Waals surface area (Å²) in [4.78, 5) is 3.94. The van der Waals surface area contributed by atoms with E-state index in [0.717, 1.165) is 6.42 Å². The zero-order chi connectivity index (χ0) is 13.2. The maximum absolute atomic E-state index is 11.2. The van der Waals surface area contributed by atoms with Gasteiger partial charge >= 0.3 is 0 Å². The maximum Gasteiger partial charge on any atom is 0.280 e. The van der Waals surface area contributed by atoms with Crippen molar-refractivity contribution in [1.29, 1.82) is 0 Å². The van der Waals surface area contributed by atoms with E-state index in [4.69, 9.17) is 10.7 Å². The number of benzene rings is 1. The number of aromatic nitrogens is 2. The summed E-state index contributed by atoms with van der Waals surface area (Å²) in [5.74, 6) is 0.644. The van der Waals surface area contributed by atoms with Gasteiger partial charge in [0, 0.05) is 23.4 Å². The van der Waals surface area contributed by atoms with Crippen LogP contribution in [0.15, 0.2) is 41.6 Å². The van der Waals surface area contributed by atoms with Crippen LogP contribution in [-0.4, -0.2) is 18.0 Å². The highest BCUT2D eigenvalue weighted by molar-refractivity contribution is 8.13. The Balaban J connectivity index is 2.13. The normalized spacial score (nSPS) is 11.7. The highest BCUT2D eigenvalue weighted by atomic mass is 35.7. The zero-order valence-electron chi connectivity index (χ0n) is 9.88. The third kappa shape index (κ3) is 3.11. The molecule has 0 saturated carbocycles. The molecule has 1 heterocycles. The first-order chi connectivity index (χ1) is 8.47. The van der Waals surface area contributed by atoms with Crippen LogP contribution in [0.5, 0.6) is 0 Å². The fraction of sp³-hybridized carbons (Fsp3) is 0.250.